The molecule has 1 aromatic heterocycles. The number of halogens is 2. The minimum atomic E-state index is 0. The summed E-state index contributed by atoms with van der Waals surface area (Å²) in [6.07, 6.45) is 0. The summed E-state index contributed by atoms with van der Waals surface area (Å²) in [7, 11) is 0. The highest BCUT2D eigenvalue weighted by molar-refractivity contribution is 6.30. The molecule has 2 N–H and O–H groups in total. The van der Waals surface area contributed by atoms with Gasteiger partial charge in [0.2, 0.25) is 11.8 Å². The van der Waals surface area contributed by atoms with Gasteiger partial charge < -0.3 is 10.2 Å². The maximum Gasteiger partial charge on any atom is 0.248 e. The van der Waals surface area contributed by atoms with Crippen molar-refractivity contribution < 1.29 is 4.42 Å². The van der Waals surface area contributed by atoms with Gasteiger partial charge in [0.25, 0.3) is 0 Å². The van der Waals surface area contributed by atoms with E-state index in [2.05, 4.69) is 10.2 Å². The van der Waals surface area contributed by atoms with Crippen molar-refractivity contribution in [2.75, 3.05) is 0 Å². The van der Waals surface area contributed by atoms with E-state index in [9.17, 15) is 0 Å². The maximum atomic E-state index is 5.85. The number of rotatable bonds is 3. The first kappa shape index (κ1) is 15.5. The number of hydrogen-bond donors (Lipinski definition) is 1. The lowest BCUT2D eigenvalue weighted by atomic mass is 10.1. The summed E-state index contributed by atoms with van der Waals surface area (Å²) in [5.41, 5.74) is 8.34. The molecule has 0 aliphatic carbocycles. The van der Waals surface area contributed by atoms with Crippen LogP contribution >= 0.6 is 24.0 Å². The number of nitrogens with two attached hydrogens (primary N) is 1. The Hall–Kier alpha value is -1.88. The minimum absolute atomic E-state index is 0. The van der Waals surface area contributed by atoms with Gasteiger partial charge in [0.05, 0.1) is 0 Å². The van der Waals surface area contributed by atoms with Crippen LogP contribution in [0.3, 0.4) is 0 Å². The summed E-state index contributed by atoms with van der Waals surface area (Å²) in [6, 6.07) is 15.0. The largest absolute Gasteiger partial charge is 0.416 e. The van der Waals surface area contributed by atoms with E-state index >= 15 is 0 Å². The molecule has 4 nitrogen and oxygen atoms in total. The third-order valence-electron chi connectivity index (χ3n) is 2.95. The van der Waals surface area contributed by atoms with Crippen molar-refractivity contribution >= 4 is 24.0 Å². The van der Waals surface area contributed by atoms with E-state index in [1.54, 1.807) is 12.1 Å². The van der Waals surface area contributed by atoms with Gasteiger partial charge in [-0.1, -0.05) is 23.7 Å². The van der Waals surface area contributed by atoms with Gasteiger partial charge in [-0.2, -0.15) is 0 Å². The molecule has 2 aromatic carbocycles. The van der Waals surface area contributed by atoms with Gasteiger partial charge in [0.1, 0.15) is 0 Å². The second kappa shape index (κ2) is 6.72. The number of nitrogens with zero attached hydrogens (tertiary/aromatic N) is 2. The van der Waals surface area contributed by atoms with Gasteiger partial charge >= 0.3 is 0 Å². The molecule has 0 saturated carbocycles. The maximum absolute atomic E-state index is 5.85. The van der Waals surface area contributed by atoms with Crippen LogP contribution in [0.4, 0.5) is 0 Å². The lowest BCUT2D eigenvalue weighted by Crippen LogP contribution is -1.95. The van der Waals surface area contributed by atoms with Crippen LogP contribution in [-0.2, 0) is 6.54 Å². The molecular weight excluding hydrogens is 309 g/mol. The molecule has 0 radical (unpaired) electrons. The van der Waals surface area contributed by atoms with Gasteiger partial charge in [0.15, 0.2) is 0 Å². The summed E-state index contributed by atoms with van der Waals surface area (Å²) in [6.45, 7) is 0.514. The standard InChI is InChI=1S/C15H12ClN3O.ClH/c16-13-7-5-12(6-8-13)15-19-18-14(20-15)11-3-1-10(9-17)2-4-11;/h1-8H,9,17H2;1H. The fourth-order valence-corrected chi connectivity index (χ4v) is 1.96. The van der Waals surface area contributed by atoms with Crippen molar-refractivity contribution in [1.29, 1.82) is 0 Å². The molecule has 21 heavy (non-hydrogen) atoms. The summed E-state index contributed by atoms with van der Waals surface area (Å²) in [4.78, 5) is 0. The van der Waals surface area contributed by atoms with Crippen molar-refractivity contribution in [3.8, 4) is 22.9 Å². The number of aromatic nitrogens is 2. The van der Waals surface area contributed by atoms with E-state index in [1.165, 1.54) is 0 Å². The van der Waals surface area contributed by atoms with Crippen molar-refractivity contribution in [3.63, 3.8) is 0 Å². The third-order valence-corrected chi connectivity index (χ3v) is 3.20. The van der Waals surface area contributed by atoms with Crippen LogP contribution in [0.5, 0.6) is 0 Å². The fourth-order valence-electron chi connectivity index (χ4n) is 1.83. The highest BCUT2D eigenvalue weighted by Gasteiger charge is 2.10. The molecular formula is C15H13Cl2N3O. The lowest BCUT2D eigenvalue weighted by Gasteiger charge is -1.98. The fraction of sp³-hybridized carbons (Fsp3) is 0.0667. The molecule has 0 unspecified atom stereocenters. The van der Waals surface area contributed by atoms with Crippen LogP contribution in [-0.4, -0.2) is 10.2 Å². The summed E-state index contributed by atoms with van der Waals surface area (Å²) < 4.78 is 5.67. The summed E-state index contributed by atoms with van der Waals surface area (Å²) >= 11 is 5.85. The Morgan fingerprint density at radius 3 is 1.81 bits per heavy atom. The molecule has 3 rings (SSSR count). The monoisotopic (exact) mass is 321 g/mol. The Bertz CT molecular complexity index is 709. The molecule has 1 heterocycles. The van der Waals surface area contributed by atoms with Gasteiger partial charge in [-0.25, -0.2) is 0 Å². The summed E-state index contributed by atoms with van der Waals surface area (Å²) in [5, 5.41) is 8.78. The van der Waals surface area contributed by atoms with Crippen molar-refractivity contribution in [2.45, 2.75) is 6.54 Å². The van der Waals surface area contributed by atoms with Crippen LogP contribution < -0.4 is 5.73 Å². The summed E-state index contributed by atoms with van der Waals surface area (Å²) in [5.74, 6) is 0.957. The van der Waals surface area contributed by atoms with E-state index in [4.69, 9.17) is 21.8 Å². The van der Waals surface area contributed by atoms with Gasteiger partial charge in [-0.3, -0.25) is 0 Å². The van der Waals surface area contributed by atoms with Crippen molar-refractivity contribution in [1.82, 2.24) is 10.2 Å². The molecule has 108 valence electrons. The first-order chi connectivity index (χ1) is 9.76. The van der Waals surface area contributed by atoms with Gasteiger partial charge in [0, 0.05) is 22.7 Å². The molecule has 0 amide bonds. The second-order valence-electron chi connectivity index (χ2n) is 4.32. The molecule has 0 spiro atoms. The average molecular weight is 322 g/mol. The molecule has 0 aliphatic heterocycles. The topological polar surface area (TPSA) is 64.9 Å². The molecule has 0 fully saturated rings. The predicted molar refractivity (Wildman–Crippen MR) is 85.3 cm³/mol. The van der Waals surface area contributed by atoms with E-state index in [1.807, 2.05) is 36.4 Å². The molecule has 0 bridgehead atoms. The van der Waals surface area contributed by atoms with E-state index < -0.39 is 0 Å². The predicted octanol–water partition coefficient (Wildman–Crippen LogP) is 3.94. The van der Waals surface area contributed by atoms with Crippen LogP contribution in [0, 0.1) is 0 Å². The molecule has 6 heteroatoms. The Kier molecular flexibility index (Phi) is 4.96. The van der Waals surface area contributed by atoms with Crippen LogP contribution in [0.1, 0.15) is 5.56 Å². The normalized spacial score (nSPS) is 10.2. The third kappa shape index (κ3) is 3.42. The molecule has 0 aliphatic rings. The first-order valence-electron chi connectivity index (χ1n) is 6.15. The average Bonchev–Trinajstić information content (AvgIpc) is 2.98. The van der Waals surface area contributed by atoms with Crippen molar-refractivity contribution in [3.05, 3.63) is 59.1 Å². The van der Waals surface area contributed by atoms with E-state index in [-0.39, 0.29) is 12.4 Å². The smallest absolute Gasteiger partial charge is 0.248 e. The number of hydrogen-bond acceptors (Lipinski definition) is 4. The molecule has 0 atom stereocenters. The Morgan fingerprint density at radius 1 is 0.857 bits per heavy atom. The Morgan fingerprint density at radius 2 is 1.33 bits per heavy atom. The molecule has 0 saturated heterocycles. The zero-order chi connectivity index (χ0) is 13.9. The Labute approximate surface area is 133 Å². The van der Waals surface area contributed by atoms with Gasteiger partial charge in [-0.05, 0) is 42.0 Å². The van der Waals surface area contributed by atoms with Crippen molar-refractivity contribution in [2.24, 2.45) is 5.73 Å². The zero-order valence-electron chi connectivity index (χ0n) is 11.0. The molecule has 3 aromatic rings. The Balaban J connectivity index is 0.00000161. The first-order valence-corrected chi connectivity index (χ1v) is 6.53. The van der Waals surface area contributed by atoms with Crippen LogP contribution in [0.25, 0.3) is 22.9 Å². The highest BCUT2D eigenvalue weighted by atomic mass is 35.5. The highest BCUT2D eigenvalue weighted by Crippen LogP contribution is 2.25. The van der Waals surface area contributed by atoms with Crippen LogP contribution in [0.2, 0.25) is 5.02 Å². The second-order valence-corrected chi connectivity index (χ2v) is 4.76. The van der Waals surface area contributed by atoms with Crippen LogP contribution in [0.15, 0.2) is 52.9 Å². The lowest BCUT2D eigenvalue weighted by molar-refractivity contribution is 0.584. The SMILES string of the molecule is Cl.NCc1ccc(-c2nnc(-c3ccc(Cl)cc3)o2)cc1. The zero-order valence-corrected chi connectivity index (χ0v) is 12.6. The van der Waals surface area contributed by atoms with E-state index in [0.717, 1.165) is 16.7 Å². The van der Waals surface area contributed by atoms with Gasteiger partial charge in [-0.15, -0.1) is 22.6 Å². The number of benzene rings is 2. The minimum Gasteiger partial charge on any atom is -0.416 e. The van der Waals surface area contributed by atoms with E-state index in [0.29, 0.717) is 23.3 Å². The quantitative estimate of drug-likeness (QED) is 0.793.